The molecule has 5 heteroatoms. The zero-order chi connectivity index (χ0) is 12.4. The zero-order valence-corrected chi connectivity index (χ0v) is 11.0. The molecule has 0 spiro atoms. The van der Waals surface area contributed by atoms with Crippen LogP contribution in [0.3, 0.4) is 0 Å². The molecule has 0 bridgehead atoms. The van der Waals surface area contributed by atoms with Gasteiger partial charge in [-0.2, -0.15) is 5.26 Å². The molecule has 1 fully saturated rings. The minimum Gasteiger partial charge on any atom is -0.211 e. The third kappa shape index (κ3) is 2.74. The van der Waals surface area contributed by atoms with Crippen molar-refractivity contribution in [2.24, 2.45) is 5.41 Å². The molecule has 0 saturated carbocycles. The van der Waals surface area contributed by atoms with Gasteiger partial charge in [0.25, 0.3) is 0 Å². The Balaban J connectivity index is 2.89. The maximum absolute atomic E-state index is 12.1. The summed E-state index contributed by atoms with van der Waals surface area (Å²) in [6, 6.07) is 1.89. The van der Waals surface area contributed by atoms with E-state index in [0.717, 1.165) is 12.8 Å². The normalized spacial score (nSPS) is 23.6. The maximum atomic E-state index is 12.1. The fourth-order valence-corrected chi connectivity index (χ4v) is 3.96. The van der Waals surface area contributed by atoms with Gasteiger partial charge in [0.05, 0.1) is 6.07 Å². The van der Waals surface area contributed by atoms with Crippen molar-refractivity contribution in [3.63, 3.8) is 0 Å². The summed E-state index contributed by atoms with van der Waals surface area (Å²) >= 11 is 0. The van der Waals surface area contributed by atoms with Gasteiger partial charge in [0.2, 0.25) is 10.0 Å². The fraction of sp³-hybridized carbons (Fsp3) is 0.909. The second-order valence-corrected chi connectivity index (χ2v) is 7.29. The van der Waals surface area contributed by atoms with E-state index in [0.29, 0.717) is 19.5 Å². The van der Waals surface area contributed by atoms with Crippen LogP contribution in [0.4, 0.5) is 0 Å². The lowest BCUT2D eigenvalue weighted by Gasteiger charge is -2.37. The van der Waals surface area contributed by atoms with E-state index in [2.05, 4.69) is 13.8 Å². The molecule has 0 N–H and O–H groups in total. The van der Waals surface area contributed by atoms with Crippen LogP contribution >= 0.6 is 0 Å². The molecule has 1 saturated heterocycles. The Bertz CT molecular complexity index is 381. The van der Waals surface area contributed by atoms with Crippen molar-refractivity contribution in [2.75, 3.05) is 13.1 Å². The highest BCUT2D eigenvalue weighted by Gasteiger charge is 2.37. The van der Waals surface area contributed by atoms with Gasteiger partial charge in [-0.05, 0) is 24.7 Å². The number of piperidine rings is 1. The predicted octanol–water partition coefficient (Wildman–Crippen LogP) is 1.74. The van der Waals surface area contributed by atoms with Gasteiger partial charge >= 0.3 is 0 Å². The molecule has 0 aromatic rings. The van der Waals surface area contributed by atoms with Crippen LogP contribution in [-0.2, 0) is 10.0 Å². The van der Waals surface area contributed by atoms with E-state index >= 15 is 0 Å². The minimum absolute atomic E-state index is 0.0269. The van der Waals surface area contributed by atoms with Gasteiger partial charge in [-0.25, -0.2) is 12.7 Å². The topological polar surface area (TPSA) is 61.2 Å². The number of sulfonamides is 1. The van der Waals surface area contributed by atoms with E-state index in [9.17, 15) is 8.42 Å². The standard InChI is InChI=1S/C11H20N2O2S/c1-4-10(8-12)16(14,15)13-7-5-6-11(2,3)9-13/h10H,4-7,9H2,1-3H3. The summed E-state index contributed by atoms with van der Waals surface area (Å²) in [5.74, 6) is 0. The summed E-state index contributed by atoms with van der Waals surface area (Å²) in [6.07, 6.45) is 2.28. The molecular weight excluding hydrogens is 224 g/mol. The van der Waals surface area contributed by atoms with Crippen LogP contribution in [0, 0.1) is 16.7 Å². The SMILES string of the molecule is CCC(C#N)S(=O)(=O)N1CCCC(C)(C)C1. The van der Waals surface area contributed by atoms with Crippen LogP contribution in [0.1, 0.15) is 40.0 Å². The van der Waals surface area contributed by atoms with E-state index in [-0.39, 0.29) is 5.41 Å². The first-order valence-corrected chi connectivity index (χ1v) is 7.22. The van der Waals surface area contributed by atoms with Crippen LogP contribution in [0.5, 0.6) is 0 Å². The molecule has 0 aliphatic carbocycles. The van der Waals surface area contributed by atoms with Crippen molar-refractivity contribution in [3.8, 4) is 6.07 Å². The van der Waals surface area contributed by atoms with E-state index < -0.39 is 15.3 Å². The van der Waals surface area contributed by atoms with E-state index in [1.807, 2.05) is 6.07 Å². The summed E-state index contributed by atoms with van der Waals surface area (Å²) in [4.78, 5) is 0. The molecule has 1 aliphatic heterocycles. The van der Waals surface area contributed by atoms with E-state index in [1.165, 1.54) is 4.31 Å². The number of rotatable bonds is 3. The molecule has 4 nitrogen and oxygen atoms in total. The van der Waals surface area contributed by atoms with Crippen molar-refractivity contribution < 1.29 is 8.42 Å². The van der Waals surface area contributed by atoms with Crippen LogP contribution in [0.2, 0.25) is 0 Å². The van der Waals surface area contributed by atoms with Crippen molar-refractivity contribution in [3.05, 3.63) is 0 Å². The van der Waals surface area contributed by atoms with Crippen molar-refractivity contribution in [1.82, 2.24) is 4.31 Å². The highest BCUT2D eigenvalue weighted by molar-refractivity contribution is 7.90. The summed E-state index contributed by atoms with van der Waals surface area (Å²) in [5, 5.41) is 7.98. The van der Waals surface area contributed by atoms with Crippen LogP contribution < -0.4 is 0 Å². The molecule has 1 heterocycles. The van der Waals surface area contributed by atoms with Crippen LogP contribution in [0.15, 0.2) is 0 Å². The highest BCUT2D eigenvalue weighted by atomic mass is 32.2. The van der Waals surface area contributed by atoms with Crippen molar-refractivity contribution in [1.29, 1.82) is 5.26 Å². The number of nitrogens with zero attached hydrogens (tertiary/aromatic N) is 2. The number of hydrogen-bond acceptors (Lipinski definition) is 3. The van der Waals surface area contributed by atoms with Gasteiger partial charge < -0.3 is 0 Å². The Morgan fingerprint density at radius 3 is 2.56 bits per heavy atom. The van der Waals surface area contributed by atoms with E-state index in [1.54, 1.807) is 6.92 Å². The molecule has 1 aliphatic rings. The highest BCUT2D eigenvalue weighted by Crippen LogP contribution is 2.31. The average molecular weight is 244 g/mol. The lowest BCUT2D eigenvalue weighted by Crippen LogP contribution is -2.46. The molecule has 0 radical (unpaired) electrons. The molecule has 0 amide bonds. The first-order valence-electron chi connectivity index (χ1n) is 5.72. The Morgan fingerprint density at radius 2 is 2.12 bits per heavy atom. The van der Waals surface area contributed by atoms with Crippen molar-refractivity contribution >= 4 is 10.0 Å². The lowest BCUT2D eigenvalue weighted by atomic mass is 9.85. The third-order valence-corrected chi connectivity index (χ3v) is 5.29. The second kappa shape index (κ2) is 4.72. The summed E-state index contributed by atoms with van der Waals surface area (Å²) in [7, 11) is -3.42. The smallest absolute Gasteiger partial charge is 0.211 e. The fourth-order valence-electron chi connectivity index (χ4n) is 2.14. The zero-order valence-electron chi connectivity index (χ0n) is 10.2. The van der Waals surface area contributed by atoms with Crippen LogP contribution in [-0.4, -0.2) is 31.1 Å². The Kier molecular flexibility index (Phi) is 3.97. The lowest BCUT2D eigenvalue weighted by molar-refractivity contribution is 0.186. The molecule has 92 valence electrons. The summed E-state index contributed by atoms with van der Waals surface area (Å²) in [6.45, 7) is 6.97. The van der Waals surface area contributed by atoms with Gasteiger partial charge in [0.15, 0.2) is 5.25 Å². The maximum Gasteiger partial charge on any atom is 0.230 e. The summed E-state index contributed by atoms with van der Waals surface area (Å²) < 4.78 is 25.8. The average Bonchev–Trinajstić information content (AvgIpc) is 2.17. The Hall–Kier alpha value is -0.600. The van der Waals surface area contributed by atoms with Crippen molar-refractivity contribution in [2.45, 2.75) is 45.3 Å². The van der Waals surface area contributed by atoms with E-state index in [4.69, 9.17) is 5.26 Å². The predicted molar refractivity (Wildman–Crippen MR) is 63.2 cm³/mol. The van der Waals surface area contributed by atoms with Gasteiger partial charge in [0.1, 0.15) is 0 Å². The minimum atomic E-state index is -3.42. The van der Waals surface area contributed by atoms with Gasteiger partial charge in [-0.15, -0.1) is 0 Å². The van der Waals surface area contributed by atoms with Gasteiger partial charge in [-0.3, -0.25) is 0 Å². The van der Waals surface area contributed by atoms with Gasteiger partial charge in [-0.1, -0.05) is 20.8 Å². The molecular formula is C11H20N2O2S. The Labute approximate surface area is 98.3 Å². The second-order valence-electron chi connectivity index (χ2n) is 5.17. The molecule has 0 aromatic heterocycles. The molecule has 1 rings (SSSR count). The first-order chi connectivity index (χ1) is 7.33. The molecule has 1 atom stereocenters. The molecule has 16 heavy (non-hydrogen) atoms. The number of nitriles is 1. The monoisotopic (exact) mass is 244 g/mol. The number of hydrogen-bond donors (Lipinski definition) is 0. The Morgan fingerprint density at radius 1 is 1.50 bits per heavy atom. The third-order valence-electron chi connectivity index (χ3n) is 3.10. The largest absolute Gasteiger partial charge is 0.230 e. The molecule has 1 unspecified atom stereocenters. The first kappa shape index (κ1) is 13.5. The summed E-state index contributed by atoms with van der Waals surface area (Å²) in [5.41, 5.74) is 0.0269. The van der Waals surface area contributed by atoms with Gasteiger partial charge in [0, 0.05) is 13.1 Å². The van der Waals surface area contributed by atoms with Crippen LogP contribution in [0.25, 0.3) is 0 Å². The molecule has 0 aromatic carbocycles. The quantitative estimate of drug-likeness (QED) is 0.759.